The van der Waals surface area contributed by atoms with E-state index in [0.717, 1.165) is 13.0 Å². The number of hydrogen-bond acceptors (Lipinski definition) is 4. The van der Waals surface area contributed by atoms with Gasteiger partial charge >= 0.3 is 0 Å². The lowest BCUT2D eigenvalue weighted by molar-refractivity contribution is 0.0849. The maximum Gasteiger partial charge on any atom is 0.0633 e. The van der Waals surface area contributed by atoms with Crippen LogP contribution in [0.4, 0.5) is 0 Å². The molecule has 0 aliphatic carbocycles. The highest BCUT2D eigenvalue weighted by molar-refractivity contribution is 4.80. The van der Waals surface area contributed by atoms with E-state index in [4.69, 9.17) is 14.9 Å². The van der Waals surface area contributed by atoms with Crippen LogP contribution in [0.5, 0.6) is 0 Å². The fraction of sp³-hybridized carbons (Fsp3) is 1.00. The van der Waals surface area contributed by atoms with Crippen LogP contribution in [-0.2, 0) is 4.74 Å². The number of aliphatic hydroxyl groups is 2. The molecule has 80 valence electrons. The number of ether oxygens (including phenoxy) is 1. The first kappa shape index (κ1) is 12.8. The van der Waals surface area contributed by atoms with Crippen LogP contribution in [0.1, 0.15) is 20.3 Å². The average Bonchev–Trinajstić information content (AvgIpc) is 2.17. The van der Waals surface area contributed by atoms with Crippen LogP contribution in [0, 0.1) is 0 Å². The van der Waals surface area contributed by atoms with Gasteiger partial charge in [-0.05, 0) is 13.3 Å². The van der Waals surface area contributed by atoms with Crippen molar-refractivity contribution in [1.29, 1.82) is 0 Å². The van der Waals surface area contributed by atoms with E-state index in [2.05, 4.69) is 12.2 Å². The molecule has 0 spiro atoms. The molecule has 3 N–H and O–H groups in total. The van der Waals surface area contributed by atoms with Crippen molar-refractivity contribution >= 4 is 0 Å². The lowest BCUT2D eigenvalue weighted by Gasteiger charge is -2.26. The predicted octanol–water partition coefficient (Wildman–Crippen LogP) is -0.254. The molecule has 0 aliphatic rings. The van der Waals surface area contributed by atoms with E-state index in [1.165, 1.54) is 0 Å². The van der Waals surface area contributed by atoms with Gasteiger partial charge in [-0.1, -0.05) is 6.92 Å². The molecule has 0 saturated heterocycles. The third kappa shape index (κ3) is 5.99. The van der Waals surface area contributed by atoms with Gasteiger partial charge in [-0.25, -0.2) is 0 Å². The summed E-state index contributed by atoms with van der Waals surface area (Å²) in [6.45, 7) is 5.71. The monoisotopic (exact) mass is 191 g/mol. The van der Waals surface area contributed by atoms with Crippen LogP contribution >= 0.6 is 0 Å². The highest BCUT2D eigenvalue weighted by atomic mass is 16.5. The van der Waals surface area contributed by atoms with Gasteiger partial charge in [0.1, 0.15) is 0 Å². The van der Waals surface area contributed by atoms with Crippen LogP contribution in [-0.4, -0.2) is 48.7 Å². The highest BCUT2D eigenvalue weighted by Crippen LogP contribution is 1.99. The lowest BCUT2D eigenvalue weighted by atomic mass is 10.1. The Balaban J connectivity index is 3.39. The van der Waals surface area contributed by atoms with Crippen molar-refractivity contribution in [1.82, 2.24) is 5.32 Å². The van der Waals surface area contributed by atoms with Gasteiger partial charge in [0.15, 0.2) is 0 Å². The van der Waals surface area contributed by atoms with Gasteiger partial charge in [-0.15, -0.1) is 0 Å². The Morgan fingerprint density at radius 2 is 1.85 bits per heavy atom. The number of nitrogens with one attached hydrogen (secondary N) is 1. The Hall–Kier alpha value is -0.160. The van der Waals surface area contributed by atoms with Crippen molar-refractivity contribution in [3.8, 4) is 0 Å². The van der Waals surface area contributed by atoms with E-state index in [1.54, 1.807) is 6.92 Å². The zero-order chi connectivity index (χ0) is 10.2. The van der Waals surface area contributed by atoms with Gasteiger partial charge in [0.2, 0.25) is 0 Å². The molecule has 0 heterocycles. The smallest absolute Gasteiger partial charge is 0.0633 e. The molecule has 4 heteroatoms. The Labute approximate surface area is 79.9 Å². The first-order valence-electron chi connectivity index (χ1n) is 4.73. The molecule has 0 aromatic rings. The third-order valence-electron chi connectivity index (χ3n) is 1.84. The van der Waals surface area contributed by atoms with Gasteiger partial charge in [-0.3, -0.25) is 0 Å². The van der Waals surface area contributed by atoms with E-state index in [-0.39, 0.29) is 13.2 Å². The first-order valence-corrected chi connectivity index (χ1v) is 4.73. The zero-order valence-corrected chi connectivity index (χ0v) is 8.55. The van der Waals surface area contributed by atoms with Gasteiger partial charge < -0.3 is 20.3 Å². The van der Waals surface area contributed by atoms with Gasteiger partial charge in [0, 0.05) is 13.2 Å². The Morgan fingerprint density at radius 3 is 2.31 bits per heavy atom. The molecule has 0 radical (unpaired) electrons. The summed E-state index contributed by atoms with van der Waals surface area (Å²) in [7, 11) is 0. The molecular weight excluding hydrogens is 170 g/mol. The molecule has 0 saturated carbocycles. The fourth-order valence-corrected chi connectivity index (χ4v) is 0.833. The van der Waals surface area contributed by atoms with Crippen molar-refractivity contribution in [2.24, 2.45) is 0 Å². The van der Waals surface area contributed by atoms with Crippen molar-refractivity contribution in [2.75, 3.05) is 33.0 Å². The van der Waals surface area contributed by atoms with Crippen LogP contribution in [0.3, 0.4) is 0 Å². The Bertz CT molecular complexity index is 115. The molecular formula is C9H21NO3. The summed E-state index contributed by atoms with van der Waals surface area (Å²) < 4.78 is 5.24. The minimum atomic E-state index is -0.588. The second-order valence-electron chi connectivity index (χ2n) is 3.42. The van der Waals surface area contributed by atoms with E-state index in [9.17, 15) is 0 Å². The SMILES string of the molecule is CCCOCCNC(C)(CO)CO. The summed E-state index contributed by atoms with van der Waals surface area (Å²) in [6, 6.07) is 0. The first-order chi connectivity index (χ1) is 6.18. The Morgan fingerprint density at radius 1 is 1.23 bits per heavy atom. The summed E-state index contributed by atoms with van der Waals surface area (Å²) in [4.78, 5) is 0. The molecule has 0 aromatic carbocycles. The van der Waals surface area contributed by atoms with Crippen LogP contribution in [0.15, 0.2) is 0 Å². The quantitative estimate of drug-likeness (QED) is 0.463. The maximum absolute atomic E-state index is 8.92. The molecule has 0 aliphatic heterocycles. The molecule has 0 bridgehead atoms. The van der Waals surface area contributed by atoms with E-state index in [0.29, 0.717) is 13.2 Å². The minimum absolute atomic E-state index is 0.0721. The van der Waals surface area contributed by atoms with E-state index < -0.39 is 5.54 Å². The molecule has 0 rings (SSSR count). The van der Waals surface area contributed by atoms with Gasteiger partial charge in [-0.2, -0.15) is 0 Å². The van der Waals surface area contributed by atoms with E-state index >= 15 is 0 Å². The molecule has 0 unspecified atom stereocenters. The van der Waals surface area contributed by atoms with Crippen molar-refractivity contribution in [3.05, 3.63) is 0 Å². The highest BCUT2D eigenvalue weighted by Gasteiger charge is 2.20. The number of rotatable bonds is 8. The number of hydrogen-bond donors (Lipinski definition) is 3. The summed E-state index contributed by atoms with van der Waals surface area (Å²) in [5, 5.41) is 20.9. The maximum atomic E-state index is 8.92. The van der Waals surface area contributed by atoms with Crippen LogP contribution < -0.4 is 5.32 Å². The van der Waals surface area contributed by atoms with Crippen molar-refractivity contribution < 1.29 is 14.9 Å². The normalized spacial score (nSPS) is 12.0. The second kappa shape index (κ2) is 7.26. The summed E-state index contributed by atoms with van der Waals surface area (Å²) in [5.74, 6) is 0. The molecule has 0 aromatic heterocycles. The van der Waals surface area contributed by atoms with Crippen LogP contribution in [0.2, 0.25) is 0 Å². The number of aliphatic hydroxyl groups excluding tert-OH is 2. The van der Waals surface area contributed by atoms with Crippen molar-refractivity contribution in [2.45, 2.75) is 25.8 Å². The van der Waals surface area contributed by atoms with E-state index in [1.807, 2.05) is 0 Å². The summed E-state index contributed by atoms with van der Waals surface area (Å²) >= 11 is 0. The van der Waals surface area contributed by atoms with Gasteiger partial charge in [0.05, 0.1) is 25.4 Å². The molecule has 0 fully saturated rings. The summed E-state index contributed by atoms with van der Waals surface area (Å²) in [6.07, 6.45) is 1.01. The lowest BCUT2D eigenvalue weighted by Crippen LogP contribution is -2.50. The standard InChI is InChI=1S/C9H21NO3/c1-3-5-13-6-4-10-9(2,7-11)8-12/h10-12H,3-8H2,1-2H3. The third-order valence-corrected chi connectivity index (χ3v) is 1.84. The Kier molecular flexibility index (Phi) is 7.17. The van der Waals surface area contributed by atoms with Gasteiger partial charge in [0.25, 0.3) is 0 Å². The molecule has 4 nitrogen and oxygen atoms in total. The predicted molar refractivity (Wildman–Crippen MR) is 51.7 cm³/mol. The van der Waals surface area contributed by atoms with Crippen molar-refractivity contribution in [3.63, 3.8) is 0 Å². The fourth-order valence-electron chi connectivity index (χ4n) is 0.833. The second-order valence-corrected chi connectivity index (χ2v) is 3.42. The van der Waals surface area contributed by atoms with Crippen LogP contribution in [0.25, 0.3) is 0 Å². The summed E-state index contributed by atoms with van der Waals surface area (Å²) in [5.41, 5.74) is -0.588. The molecule has 0 atom stereocenters. The largest absolute Gasteiger partial charge is 0.394 e. The molecule has 0 amide bonds. The zero-order valence-electron chi connectivity index (χ0n) is 8.55. The topological polar surface area (TPSA) is 61.7 Å². The minimum Gasteiger partial charge on any atom is -0.394 e. The average molecular weight is 191 g/mol. The molecule has 13 heavy (non-hydrogen) atoms.